The lowest BCUT2D eigenvalue weighted by Crippen LogP contribution is -2.38. The minimum Gasteiger partial charge on any atom is -0.356 e. The van der Waals surface area contributed by atoms with Crippen molar-refractivity contribution in [1.29, 1.82) is 0 Å². The molecule has 1 aromatic heterocycles. The van der Waals surface area contributed by atoms with Gasteiger partial charge in [0.2, 0.25) is 10.0 Å². The number of guanidine groups is 1. The average Bonchev–Trinajstić information content (AvgIpc) is 3.09. The molecule has 0 radical (unpaired) electrons. The summed E-state index contributed by atoms with van der Waals surface area (Å²) in [6, 6.07) is 10.6. The smallest absolute Gasteiger partial charge is 0.238 e. The Kier molecular flexibility index (Phi) is 6.36. The van der Waals surface area contributed by atoms with Crippen molar-refractivity contribution in [1.82, 2.24) is 10.6 Å². The predicted molar refractivity (Wildman–Crippen MR) is 98.8 cm³/mol. The number of aliphatic imine (C=N–C) groups is 1. The van der Waals surface area contributed by atoms with Gasteiger partial charge in [-0.05, 0) is 29.1 Å². The van der Waals surface area contributed by atoms with Crippen LogP contribution in [0.1, 0.15) is 23.3 Å². The Hall–Kier alpha value is -1.90. The third-order valence-corrected chi connectivity index (χ3v) is 5.57. The lowest BCUT2D eigenvalue weighted by atomic mass is 10.1. The van der Waals surface area contributed by atoms with Gasteiger partial charge in [-0.3, -0.25) is 4.99 Å². The number of nitrogens with two attached hydrogens (primary N) is 1. The highest BCUT2D eigenvalue weighted by atomic mass is 32.2. The summed E-state index contributed by atoms with van der Waals surface area (Å²) < 4.78 is 22.5. The highest BCUT2D eigenvalue weighted by Crippen LogP contribution is 2.19. The summed E-state index contributed by atoms with van der Waals surface area (Å²) in [5.41, 5.74) is 0.941. The van der Waals surface area contributed by atoms with Crippen LogP contribution in [0.25, 0.3) is 0 Å². The van der Waals surface area contributed by atoms with E-state index in [1.807, 2.05) is 0 Å². The van der Waals surface area contributed by atoms with Gasteiger partial charge < -0.3 is 10.6 Å². The first-order chi connectivity index (χ1) is 11.4. The molecule has 0 bridgehead atoms. The van der Waals surface area contributed by atoms with Crippen LogP contribution < -0.4 is 15.8 Å². The van der Waals surface area contributed by atoms with Crippen molar-refractivity contribution in [3.8, 4) is 0 Å². The van der Waals surface area contributed by atoms with E-state index in [0.29, 0.717) is 18.4 Å². The summed E-state index contributed by atoms with van der Waals surface area (Å²) in [4.78, 5) is 5.64. The maximum absolute atomic E-state index is 11.2. The maximum Gasteiger partial charge on any atom is 0.238 e. The van der Waals surface area contributed by atoms with Gasteiger partial charge in [0.05, 0.1) is 4.90 Å². The SMILES string of the molecule is CN=C(NCc1ccc(S(N)(=O)=O)cc1)NCC(C)c1cccs1. The van der Waals surface area contributed by atoms with Crippen LogP contribution in [-0.2, 0) is 16.6 Å². The summed E-state index contributed by atoms with van der Waals surface area (Å²) in [6.07, 6.45) is 0. The predicted octanol–water partition coefficient (Wildman–Crippen LogP) is 1.86. The van der Waals surface area contributed by atoms with Crippen molar-refractivity contribution in [2.45, 2.75) is 24.3 Å². The fraction of sp³-hybridized carbons (Fsp3) is 0.312. The van der Waals surface area contributed by atoms with E-state index in [9.17, 15) is 8.42 Å². The molecule has 1 aromatic carbocycles. The fourth-order valence-corrected chi connectivity index (χ4v) is 3.43. The number of nitrogens with zero attached hydrogens (tertiary/aromatic N) is 1. The summed E-state index contributed by atoms with van der Waals surface area (Å²) >= 11 is 1.74. The van der Waals surface area contributed by atoms with Crippen LogP contribution >= 0.6 is 11.3 Å². The van der Waals surface area contributed by atoms with Crippen molar-refractivity contribution in [2.75, 3.05) is 13.6 Å². The Bertz CT molecular complexity index is 769. The second-order valence-corrected chi connectivity index (χ2v) is 7.95. The molecule has 0 saturated heterocycles. The molecule has 6 nitrogen and oxygen atoms in total. The van der Waals surface area contributed by atoms with Crippen LogP contribution in [0, 0.1) is 0 Å². The molecule has 1 unspecified atom stereocenters. The van der Waals surface area contributed by atoms with E-state index < -0.39 is 10.0 Å². The topological polar surface area (TPSA) is 96.6 Å². The number of rotatable bonds is 6. The Balaban J connectivity index is 1.85. The van der Waals surface area contributed by atoms with E-state index in [-0.39, 0.29) is 4.90 Å². The lowest BCUT2D eigenvalue weighted by molar-refractivity contribution is 0.597. The highest BCUT2D eigenvalue weighted by molar-refractivity contribution is 7.89. The van der Waals surface area contributed by atoms with Crippen LogP contribution in [0.2, 0.25) is 0 Å². The van der Waals surface area contributed by atoms with Gasteiger partial charge in [0.1, 0.15) is 0 Å². The average molecular weight is 367 g/mol. The molecule has 0 spiro atoms. The van der Waals surface area contributed by atoms with Gasteiger partial charge in [0, 0.05) is 30.9 Å². The molecular weight excluding hydrogens is 344 g/mol. The lowest BCUT2D eigenvalue weighted by Gasteiger charge is -2.15. The molecule has 2 aromatic rings. The molecular formula is C16H22N4O2S2. The zero-order valence-corrected chi connectivity index (χ0v) is 15.3. The number of hydrogen-bond acceptors (Lipinski definition) is 4. The largest absolute Gasteiger partial charge is 0.356 e. The second-order valence-electron chi connectivity index (χ2n) is 5.41. The first-order valence-corrected chi connectivity index (χ1v) is 9.92. The Morgan fingerprint density at radius 3 is 2.50 bits per heavy atom. The van der Waals surface area contributed by atoms with Crippen molar-refractivity contribution >= 4 is 27.3 Å². The minimum atomic E-state index is -3.65. The Labute approximate surface area is 146 Å². The van der Waals surface area contributed by atoms with Crippen LogP contribution in [-0.4, -0.2) is 28.0 Å². The van der Waals surface area contributed by atoms with Gasteiger partial charge in [-0.2, -0.15) is 0 Å². The molecule has 2 rings (SSSR count). The monoisotopic (exact) mass is 366 g/mol. The fourth-order valence-electron chi connectivity index (χ4n) is 2.13. The van der Waals surface area contributed by atoms with Crippen molar-refractivity contribution in [3.05, 3.63) is 52.2 Å². The van der Waals surface area contributed by atoms with Gasteiger partial charge in [-0.25, -0.2) is 13.6 Å². The molecule has 0 aliphatic rings. The van der Waals surface area contributed by atoms with E-state index in [4.69, 9.17) is 5.14 Å². The molecule has 0 saturated carbocycles. The van der Waals surface area contributed by atoms with Gasteiger partial charge in [0.15, 0.2) is 5.96 Å². The molecule has 0 aliphatic carbocycles. The summed E-state index contributed by atoms with van der Waals surface area (Å²) in [6.45, 7) is 3.49. The quantitative estimate of drug-likeness (QED) is 0.537. The first kappa shape index (κ1) is 18.4. The minimum absolute atomic E-state index is 0.110. The molecule has 0 fully saturated rings. The van der Waals surface area contributed by atoms with E-state index in [2.05, 4.69) is 40.1 Å². The molecule has 0 amide bonds. The number of sulfonamides is 1. The van der Waals surface area contributed by atoms with Gasteiger partial charge in [-0.15, -0.1) is 11.3 Å². The molecule has 8 heteroatoms. The molecule has 1 atom stereocenters. The molecule has 1 heterocycles. The number of benzene rings is 1. The van der Waals surface area contributed by atoms with E-state index in [0.717, 1.165) is 12.1 Å². The Morgan fingerprint density at radius 1 is 1.25 bits per heavy atom. The van der Waals surface area contributed by atoms with E-state index in [1.165, 1.54) is 17.0 Å². The van der Waals surface area contributed by atoms with Gasteiger partial charge in [-0.1, -0.05) is 25.1 Å². The second kappa shape index (κ2) is 8.27. The zero-order valence-electron chi connectivity index (χ0n) is 13.7. The van der Waals surface area contributed by atoms with Crippen LogP contribution in [0.15, 0.2) is 51.7 Å². The van der Waals surface area contributed by atoms with Crippen LogP contribution in [0.4, 0.5) is 0 Å². The van der Waals surface area contributed by atoms with E-state index >= 15 is 0 Å². The van der Waals surface area contributed by atoms with Crippen LogP contribution in [0.3, 0.4) is 0 Å². The maximum atomic E-state index is 11.2. The van der Waals surface area contributed by atoms with Crippen molar-refractivity contribution < 1.29 is 8.42 Å². The first-order valence-electron chi connectivity index (χ1n) is 7.50. The third-order valence-electron chi connectivity index (χ3n) is 3.54. The number of primary sulfonamides is 1. The summed E-state index contributed by atoms with van der Waals surface area (Å²) in [7, 11) is -1.93. The highest BCUT2D eigenvalue weighted by Gasteiger charge is 2.08. The normalized spacial score (nSPS) is 13.5. The number of nitrogens with one attached hydrogen (secondary N) is 2. The van der Waals surface area contributed by atoms with Crippen molar-refractivity contribution in [3.63, 3.8) is 0 Å². The molecule has 130 valence electrons. The number of hydrogen-bond donors (Lipinski definition) is 3. The number of thiophene rings is 1. The van der Waals surface area contributed by atoms with E-state index in [1.54, 1.807) is 30.5 Å². The molecule has 0 aliphatic heterocycles. The third kappa shape index (κ3) is 5.33. The van der Waals surface area contributed by atoms with Crippen LogP contribution in [0.5, 0.6) is 0 Å². The van der Waals surface area contributed by atoms with Gasteiger partial charge in [0.25, 0.3) is 0 Å². The molecule has 4 N–H and O–H groups in total. The Morgan fingerprint density at radius 2 is 1.96 bits per heavy atom. The standard InChI is InChI=1S/C16H22N4O2S2/c1-12(15-4-3-9-23-15)10-19-16(18-2)20-11-13-5-7-14(8-6-13)24(17,21)22/h3-9,12H,10-11H2,1-2H3,(H2,17,21,22)(H2,18,19,20). The van der Waals surface area contributed by atoms with Gasteiger partial charge >= 0.3 is 0 Å². The summed E-state index contributed by atoms with van der Waals surface area (Å²) in [5.74, 6) is 1.10. The summed E-state index contributed by atoms with van der Waals surface area (Å²) in [5, 5.41) is 13.7. The van der Waals surface area contributed by atoms with Crippen molar-refractivity contribution in [2.24, 2.45) is 10.1 Å². The molecule has 24 heavy (non-hydrogen) atoms. The zero-order chi connectivity index (χ0) is 17.6.